The standard InChI is InChI=1S/C14H10F6N2S/c15-13(16,17)9-6-8(2-3-11(9)22)23-12-4-1-7(21)5-10(12)14(18,19)20/h1-6H,21-22H2. The van der Waals surface area contributed by atoms with Gasteiger partial charge in [0.25, 0.3) is 0 Å². The minimum Gasteiger partial charge on any atom is -0.399 e. The van der Waals surface area contributed by atoms with Gasteiger partial charge in [0.2, 0.25) is 0 Å². The predicted molar refractivity (Wildman–Crippen MR) is 75.8 cm³/mol. The van der Waals surface area contributed by atoms with Gasteiger partial charge in [0, 0.05) is 21.2 Å². The molecule has 0 saturated heterocycles. The molecule has 23 heavy (non-hydrogen) atoms. The summed E-state index contributed by atoms with van der Waals surface area (Å²) in [6.45, 7) is 0. The maximum Gasteiger partial charge on any atom is 0.418 e. The normalized spacial score (nSPS) is 12.4. The number of benzene rings is 2. The van der Waals surface area contributed by atoms with Crippen molar-refractivity contribution in [2.75, 3.05) is 11.5 Å². The van der Waals surface area contributed by atoms with Gasteiger partial charge in [0.05, 0.1) is 11.1 Å². The van der Waals surface area contributed by atoms with E-state index in [1.54, 1.807) is 0 Å². The van der Waals surface area contributed by atoms with Gasteiger partial charge < -0.3 is 11.5 Å². The third-order valence-electron chi connectivity index (χ3n) is 2.87. The van der Waals surface area contributed by atoms with E-state index in [-0.39, 0.29) is 15.5 Å². The molecular formula is C14H10F6N2S. The third-order valence-corrected chi connectivity index (χ3v) is 3.93. The first-order chi connectivity index (χ1) is 10.5. The van der Waals surface area contributed by atoms with E-state index in [2.05, 4.69) is 0 Å². The molecule has 2 aromatic carbocycles. The molecule has 0 radical (unpaired) electrons. The van der Waals surface area contributed by atoms with Crippen LogP contribution in [0.2, 0.25) is 0 Å². The van der Waals surface area contributed by atoms with Crippen molar-refractivity contribution in [3.8, 4) is 0 Å². The summed E-state index contributed by atoms with van der Waals surface area (Å²) < 4.78 is 77.4. The number of hydrogen-bond acceptors (Lipinski definition) is 3. The second-order valence-electron chi connectivity index (χ2n) is 4.60. The second-order valence-corrected chi connectivity index (χ2v) is 5.72. The molecule has 0 unspecified atom stereocenters. The average molecular weight is 352 g/mol. The van der Waals surface area contributed by atoms with Gasteiger partial charge in [-0.3, -0.25) is 0 Å². The van der Waals surface area contributed by atoms with Crippen molar-refractivity contribution in [1.82, 2.24) is 0 Å². The summed E-state index contributed by atoms with van der Waals surface area (Å²) in [6.07, 6.45) is -9.35. The lowest BCUT2D eigenvalue weighted by Crippen LogP contribution is -2.09. The van der Waals surface area contributed by atoms with Gasteiger partial charge in [-0.05, 0) is 36.4 Å². The molecule has 0 aliphatic carbocycles. The lowest BCUT2D eigenvalue weighted by Gasteiger charge is -2.15. The van der Waals surface area contributed by atoms with Gasteiger partial charge in [0.1, 0.15) is 0 Å². The SMILES string of the molecule is Nc1ccc(Sc2ccc(N)c(C(F)(F)F)c2)c(C(F)(F)F)c1. The van der Waals surface area contributed by atoms with Gasteiger partial charge in [-0.25, -0.2) is 0 Å². The molecule has 0 amide bonds. The molecule has 2 aromatic rings. The Bertz CT molecular complexity index is 724. The predicted octanol–water partition coefficient (Wildman–Crippen LogP) is 5.04. The minimum absolute atomic E-state index is 0.0122. The van der Waals surface area contributed by atoms with Gasteiger partial charge in [0.15, 0.2) is 0 Å². The van der Waals surface area contributed by atoms with Crippen molar-refractivity contribution in [3.05, 3.63) is 47.5 Å². The van der Waals surface area contributed by atoms with Gasteiger partial charge in [-0.15, -0.1) is 0 Å². The van der Waals surface area contributed by atoms with Crippen molar-refractivity contribution >= 4 is 23.1 Å². The van der Waals surface area contributed by atoms with Crippen molar-refractivity contribution in [2.45, 2.75) is 22.1 Å². The van der Waals surface area contributed by atoms with Gasteiger partial charge in [-0.2, -0.15) is 26.3 Å². The highest BCUT2D eigenvalue weighted by atomic mass is 32.2. The Balaban J connectivity index is 2.45. The van der Waals surface area contributed by atoms with E-state index < -0.39 is 29.2 Å². The van der Waals surface area contributed by atoms with E-state index in [0.29, 0.717) is 11.8 Å². The second kappa shape index (κ2) is 5.88. The van der Waals surface area contributed by atoms with Crippen molar-refractivity contribution in [1.29, 1.82) is 0 Å². The molecule has 0 aromatic heterocycles. The average Bonchev–Trinajstić information content (AvgIpc) is 2.40. The van der Waals surface area contributed by atoms with E-state index in [1.165, 1.54) is 12.1 Å². The molecule has 4 N–H and O–H groups in total. The summed E-state index contributed by atoms with van der Waals surface area (Å²) in [7, 11) is 0. The van der Waals surface area contributed by atoms with E-state index in [4.69, 9.17) is 11.5 Å². The molecule has 124 valence electrons. The smallest absolute Gasteiger partial charge is 0.399 e. The largest absolute Gasteiger partial charge is 0.418 e. The Morgan fingerprint density at radius 1 is 0.739 bits per heavy atom. The third kappa shape index (κ3) is 4.04. The Kier molecular flexibility index (Phi) is 4.43. The van der Waals surface area contributed by atoms with Crippen molar-refractivity contribution in [3.63, 3.8) is 0 Å². The summed E-state index contributed by atoms with van der Waals surface area (Å²) in [5, 5.41) is 0. The first kappa shape index (κ1) is 17.3. The number of rotatable bonds is 2. The molecule has 0 aliphatic rings. The minimum atomic E-state index is -4.69. The summed E-state index contributed by atoms with van der Waals surface area (Å²) >= 11 is 0.558. The van der Waals surface area contributed by atoms with Crippen LogP contribution in [0.3, 0.4) is 0 Å². The number of hydrogen-bond donors (Lipinski definition) is 2. The number of nitrogen functional groups attached to an aromatic ring is 2. The lowest BCUT2D eigenvalue weighted by atomic mass is 10.2. The van der Waals surface area contributed by atoms with Gasteiger partial charge >= 0.3 is 12.4 Å². The summed E-state index contributed by atoms with van der Waals surface area (Å²) in [4.78, 5) is -0.258. The van der Waals surface area contributed by atoms with Crippen LogP contribution in [0, 0.1) is 0 Å². The van der Waals surface area contributed by atoms with Crippen molar-refractivity contribution in [2.24, 2.45) is 0 Å². The first-order valence-electron chi connectivity index (χ1n) is 6.10. The van der Waals surface area contributed by atoms with Crippen LogP contribution >= 0.6 is 11.8 Å². The van der Waals surface area contributed by atoms with Crippen LogP contribution in [0.5, 0.6) is 0 Å². The molecule has 9 heteroatoms. The zero-order valence-electron chi connectivity index (χ0n) is 11.3. The molecule has 0 spiro atoms. The van der Waals surface area contributed by atoms with Crippen LogP contribution in [-0.2, 0) is 12.4 Å². The van der Waals surface area contributed by atoms with Crippen LogP contribution in [0.1, 0.15) is 11.1 Å². The van der Waals surface area contributed by atoms with Crippen LogP contribution in [-0.4, -0.2) is 0 Å². The molecule has 0 atom stereocenters. The zero-order chi connectivity index (χ0) is 17.4. The number of alkyl halides is 6. The number of halogens is 6. The fourth-order valence-electron chi connectivity index (χ4n) is 1.83. The highest BCUT2D eigenvalue weighted by Crippen LogP contribution is 2.42. The highest BCUT2D eigenvalue weighted by molar-refractivity contribution is 7.99. The molecular weight excluding hydrogens is 342 g/mol. The zero-order valence-corrected chi connectivity index (χ0v) is 12.1. The van der Waals surface area contributed by atoms with Crippen LogP contribution < -0.4 is 11.5 Å². The highest BCUT2D eigenvalue weighted by Gasteiger charge is 2.35. The molecule has 0 fully saturated rings. The topological polar surface area (TPSA) is 52.0 Å². The molecule has 0 aliphatic heterocycles. The summed E-state index contributed by atoms with van der Waals surface area (Å²) in [6, 6.07) is 6.06. The van der Waals surface area contributed by atoms with Gasteiger partial charge in [-0.1, -0.05) is 11.8 Å². The Morgan fingerprint density at radius 2 is 1.35 bits per heavy atom. The lowest BCUT2D eigenvalue weighted by molar-refractivity contribution is -0.140. The van der Waals surface area contributed by atoms with E-state index >= 15 is 0 Å². The monoisotopic (exact) mass is 352 g/mol. The van der Waals surface area contributed by atoms with Crippen molar-refractivity contribution < 1.29 is 26.3 Å². The summed E-state index contributed by atoms with van der Waals surface area (Å²) in [5.74, 6) is 0. The molecule has 0 heterocycles. The van der Waals surface area contributed by atoms with E-state index in [0.717, 1.165) is 24.3 Å². The first-order valence-corrected chi connectivity index (χ1v) is 6.91. The quantitative estimate of drug-likeness (QED) is 0.588. The Morgan fingerprint density at radius 3 is 1.91 bits per heavy atom. The van der Waals surface area contributed by atoms with Crippen LogP contribution in [0.4, 0.5) is 37.7 Å². The number of nitrogens with two attached hydrogens (primary N) is 2. The maximum atomic E-state index is 13.0. The molecule has 0 bridgehead atoms. The maximum absolute atomic E-state index is 13.0. The fourth-order valence-corrected chi connectivity index (χ4v) is 2.82. The Labute approximate surface area is 131 Å². The molecule has 0 saturated carbocycles. The van der Waals surface area contributed by atoms with E-state index in [9.17, 15) is 26.3 Å². The van der Waals surface area contributed by atoms with E-state index in [1.807, 2.05) is 0 Å². The van der Waals surface area contributed by atoms with Crippen LogP contribution in [0.15, 0.2) is 46.2 Å². The fraction of sp³-hybridized carbons (Fsp3) is 0.143. The van der Waals surface area contributed by atoms with Crippen LogP contribution in [0.25, 0.3) is 0 Å². The molecule has 2 nitrogen and oxygen atoms in total. The number of anilines is 2. The summed E-state index contributed by atoms with van der Waals surface area (Å²) in [5.41, 5.74) is 7.93. The Hall–Kier alpha value is -2.03. The molecule has 2 rings (SSSR count).